The van der Waals surface area contributed by atoms with Crippen molar-refractivity contribution >= 4 is 0 Å². The third kappa shape index (κ3) is 2.28. The zero-order valence-corrected chi connectivity index (χ0v) is 12.7. The average molecular weight is 275 g/mol. The summed E-state index contributed by atoms with van der Waals surface area (Å²) in [4.78, 5) is 0. The Morgan fingerprint density at radius 1 is 1.25 bits per heavy atom. The quantitative estimate of drug-likeness (QED) is 0.850. The van der Waals surface area contributed by atoms with Crippen molar-refractivity contribution in [2.24, 2.45) is 17.6 Å². The molecule has 3 rings (SSSR count). The molecule has 2 N–H and O–H groups in total. The lowest BCUT2D eigenvalue weighted by Crippen LogP contribution is -2.47. The zero-order chi connectivity index (χ0) is 14.3. The molecule has 1 aromatic carbocycles. The fourth-order valence-electron chi connectivity index (χ4n) is 3.77. The number of nitrogens with two attached hydrogens (primary N) is 1. The van der Waals surface area contributed by atoms with Crippen molar-refractivity contribution in [1.82, 2.24) is 0 Å². The van der Waals surface area contributed by atoms with Gasteiger partial charge < -0.3 is 15.2 Å². The maximum absolute atomic E-state index is 6.43. The van der Waals surface area contributed by atoms with Crippen molar-refractivity contribution in [3.8, 4) is 11.5 Å². The molecular weight excluding hydrogens is 250 g/mol. The van der Waals surface area contributed by atoms with Crippen LogP contribution in [0, 0.1) is 11.8 Å². The van der Waals surface area contributed by atoms with E-state index in [0.717, 1.165) is 42.2 Å². The highest BCUT2D eigenvalue weighted by molar-refractivity contribution is 5.44. The lowest BCUT2D eigenvalue weighted by Gasteiger charge is -2.47. The van der Waals surface area contributed by atoms with Gasteiger partial charge in [0, 0.05) is 24.1 Å². The largest absolute Gasteiger partial charge is 0.497 e. The van der Waals surface area contributed by atoms with Crippen LogP contribution in [-0.2, 0) is 0 Å². The van der Waals surface area contributed by atoms with E-state index in [-0.39, 0.29) is 11.6 Å². The van der Waals surface area contributed by atoms with Crippen molar-refractivity contribution in [3.63, 3.8) is 0 Å². The first-order chi connectivity index (χ1) is 9.53. The predicted octanol–water partition coefficient (Wildman–Crippen LogP) is 3.67. The molecule has 1 aliphatic carbocycles. The molecule has 0 bridgehead atoms. The van der Waals surface area contributed by atoms with Crippen LogP contribution in [0.1, 0.15) is 51.1 Å². The summed E-state index contributed by atoms with van der Waals surface area (Å²) < 4.78 is 11.7. The summed E-state index contributed by atoms with van der Waals surface area (Å²) in [5.74, 6) is 3.24. The minimum absolute atomic E-state index is 0.0648. The van der Waals surface area contributed by atoms with Crippen molar-refractivity contribution in [1.29, 1.82) is 0 Å². The number of hydrogen-bond acceptors (Lipinski definition) is 3. The number of benzene rings is 1. The molecule has 1 aliphatic heterocycles. The first kappa shape index (κ1) is 13.7. The van der Waals surface area contributed by atoms with E-state index in [2.05, 4.69) is 13.8 Å². The molecule has 1 aromatic rings. The van der Waals surface area contributed by atoms with Gasteiger partial charge in [0.2, 0.25) is 0 Å². The van der Waals surface area contributed by atoms with E-state index >= 15 is 0 Å². The third-order valence-corrected chi connectivity index (χ3v) is 5.26. The molecule has 20 heavy (non-hydrogen) atoms. The fourth-order valence-corrected chi connectivity index (χ4v) is 3.77. The summed E-state index contributed by atoms with van der Waals surface area (Å²) in [6, 6.07) is 6.07. The van der Waals surface area contributed by atoms with Crippen LogP contribution in [0.3, 0.4) is 0 Å². The molecule has 0 aromatic heterocycles. The number of fused-ring (bicyclic) bond motifs is 1. The van der Waals surface area contributed by atoms with Gasteiger partial charge in [-0.3, -0.25) is 0 Å². The van der Waals surface area contributed by atoms with E-state index in [1.165, 1.54) is 6.42 Å². The van der Waals surface area contributed by atoms with Gasteiger partial charge in [-0.05, 0) is 37.2 Å². The van der Waals surface area contributed by atoms with Crippen molar-refractivity contribution < 1.29 is 9.47 Å². The minimum Gasteiger partial charge on any atom is -0.497 e. The van der Waals surface area contributed by atoms with Gasteiger partial charge in [0.1, 0.15) is 17.1 Å². The predicted molar refractivity (Wildman–Crippen MR) is 80.1 cm³/mol. The Bertz CT molecular complexity index is 502. The summed E-state index contributed by atoms with van der Waals surface area (Å²) in [6.45, 7) is 4.68. The molecule has 0 amide bonds. The van der Waals surface area contributed by atoms with Crippen molar-refractivity contribution in [2.45, 2.75) is 51.2 Å². The van der Waals surface area contributed by atoms with Crippen LogP contribution >= 0.6 is 0 Å². The lowest BCUT2D eigenvalue weighted by atomic mass is 9.69. The van der Waals surface area contributed by atoms with Crippen LogP contribution in [0.2, 0.25) is 0 Å². The smallest absolute Gasteiger partial charge is 0.128 e. The summed E-state index contributed by atoms with van der Waals surface area (Å²) in [5.41, 5.74) is 7.45. The van der Waals surface area contributed by atoms with E-state index < -0.39 is 0 Å². The molecule has 0 saturated heterocycles. The molecular formula is C17H25NO2. The number of hydrogen-bond donors (Lipinski definition) is 1. The van der Waals surface area contributed by atoms with Gasteiger partial charge in [0.05, 0.1) is 7.11 Å². The SMILES string of the molecule is COc1ccc2c(c1)OC1(CCC(C)C(C)C1)CC2N. The number of methoxy groups -OCH3 is 1. The van der Waals surface area contributed by atoms with Gasteiger partial charge >= 0.3 is 0 Å². The second-order valence-electron chi connectivity index (χ2n) is 6.70. The molecule has 3 nitrogen and oxygen atoms in total. The Morgan fingerprint density at radius 3 is 2.75 bits per heavy atom. The van der Waals surface area contributed by atoms with Gasteiger partial charge in [0.25, 0.3) is 0 Å². The first-order valence-electron chi connectivity index (χ1n) is 7.65. The Morgan fingerprint density at radius 2 is 2.05 bits per heavy atom. The molecule has 1 heterocycles. The Labute approximate surface area is 121 Å². The normalized spacial score (nSPS) is 36.3. The van der Waals surface area contributed by atoms with Gasteiger partial charge in [-0.2, -0.15) is 0 Å². The molecule has 4 unspecified atom stereocenters. The van der Waals surface area contributed by atoms with Crippen LogP contribution in [0.15, 0.2) is 18.2 Å². The summed E-state index contributed by atoms with van der Waals surface area (Å²) in [7, 11) is 1.69. The Kier molecular flexibility index (Phi) is 3.41. The monoisotopic (exact) mass is 275 g/mol. The number of rotatable bonds is 1. The lowest BCUT2D eigenvalue weighted by molar-refractivity contribution is -0.0288. The fraction of sp³-hybridized carbons (Fsp3) is 0.647. The second kappa shape index (κ2) is 4.96. The molecule has 1 saturated carbocycles. The molecule has 2 aliphatic rings. The zero-order valence-electron chi connectivity index (χ0n) is 12.7. The van der Waals surface area contributed by atoms with Gasteiger partial charge in [-0.1, -0.05) is 19.9 Å². The average Bonchev–Trinajstić information content (AvgIpc) is 2.43. The van der Waals surface area contributed by atoms with Crippen LogP contribution in [0.4, 0.5) is 0 Å². The molecule has 4 atom stereocenters. The highest BCUT2D eigenvalue weighted by Crippen LogP contribution is 2.48. The van der Waals surface area contributed by atoms with Crippen molar-refractivity contribution in [2.75, 3.05) is 7.11 Å². The summed E-state index contributed by atoms with van der Waals surface area (Å²) in [6.07, 6.45) is 4.39. The molecule has 1 spiro atoms. The van der Waals surface area contributed by atoms with Crippen LogP contribution < -0.4 is 15.2 Å². The molecule has 3 heteroatoms. The van der Waals surface area contributed by atoms with E-state index in [9.17, 15) is 0 Å². The summed E-state index contributed by atoms with van der Waals surface area (Å²) in [5, 5.41) is 0. The van der Waals surface area contributed by atoms with E-state index in [4.69, 9.17) is 15.2 Å². The van der Waals surface area contributed by atoms with Gasteiger partial charge in [-0.15, -0.1) is 0 Å². The maximum Gasteiger partial charge on any atom is 0.128 e. The van der Waals surface area contributed by atoms with E-state index in [1.807, 2.05) is 18.2 Å². The Hall–Kier alpha value is -1.22. The van der Waals surface area contributed by atoms with E-state index in [1.54, 1.807) is 7.11 Å². The van der Waals surface area contributed by atoms with Gasteiger partial charge in [0.15, 0.2) is 0 Å². The highest BCUT2D eigenvalue weighted by atomic mass is 16.5. The minimum atomic E-state index is -0.0648. The van der Waals surface area contributed by atoms with Crippen LogP contribution in [-0.4, -0.2) is 12.7 Å². The maximum atomic E-state index is 6.43. The molecule has 110 valence electrons. The van der Waals surface area contributed by atoms with Crippen LogP contribution in [0.25, 0.3) is 0 Å². The third-order valence-electron chi connectivity index (χ3n) is 5.26. The first-order valence-corrected chi connectivity index (χ1v) is 7.65. The highest BCUT2D eigenvalue weighted by Gasteiger charge is 2.44. The van der Waals surface area contributed by atoms with Crippen LogP contribution in [0.5, 0.6) is 11.5 Å². The standard InChI is InChI=1S/C17H25NO2/c1-11-6-7-17(9-12(11)2)10-15(18)14-5-4-13(19-3)8-16(14)20-17/h4-5,8,11-12,15H,6-7,9-10,18H2,1-3H3. The summed E-state index contributed by atoms with van der Waals surface area (Å²) >= 11 is 0. The topological polar surface area (TPSA) is 44.5 Å². The Balaban J connectivity index is 1.91. The molecule has 0 radical (unpaired) electrons. The van der Waals surface area contributed by atoms with Crippen molar-refractivity contribution in [3.05, 3.63) is 23.8 Å². The van der Waals surface area contributed by atoms with Gasteiger partial charge in [-0.25, -0.2) is 0 Å². The second-order valence-corrected chi connectivity index (χ2v) is 6.70. The number of ether oxygens (including phenoxy) is 2. The van der Waals surface area contributed by atoms with E-state index in [0.29, 0.717) is 5.92 Å². The molecule has 1 fully saturated rings.